The lowest BCUT2D eigenvalue weighted by molar-refractivity contribution is -0.119. The first-order valence-electron chi connectivity index (χ1n) is 6.50. The number of carbonyl (C=O) groups excluding carboxylic acids is 2. The largest absolute Gasteiger partial charge is 0.507 e. The van der Waals surface area contributed by atoms with Gasteiger partial charge < -0.3 is 16.2 Å². The van der Waals surface area contributed by atoms with Crippen molar-refractivity contribution in [1.29, 1.82) is 0 Å². The van der Waals surface area contributed by atoms with Gasteiger partial charge in [-0.05, 0) is 17.7 Å². The molecule has 0 aliphatic heterocycles. The minimum absolute atomic E-state index is 0.108. The molecule has 0 aliphatic rings. The molecule has 0 heterocycles. The Hall–Kier alpha value is -2.82. The molecule has 0 fully saturated rings. The van der Waals surface area contributed by atoms with Crippen molar-refractivity contribution in [2.45, 2.75) is 12.5 Å². The highest BCUT2D eigenvalue weighted by Crippen LogP contribution is 2.15. The first kappa shape index (κ1) is 14.6. The fraction of sp³-hybridized carbons (Fsp3) is 0.125. The molecule has 108 valence electrons. The Kier molecular flexibility index (Phi) is 4.56. The summed E-state index contributed by atoms with van der Waals surface area (Å²) in [4.78, 5) is 23.6. The van der Waals surface area contributed by atoms with Crippen LogP contribution in [0.5, 0.6) is 5.75 Å². The van der Waals surface area contributed by atoms with Crippen molar-refractivity contribution < 1.29 is 14.7 Å². The van der Waals surface area contributed by atoms with Gasteiger partial charge in [-0.2, -0.15) is 0 Å². The van der Waals surface area contributed by atoms with E-state index in [1.165, 1.54) is 12.1 Å². The predicted octanol–water partition coefficient (Wildman–Crippen LogP) is 1.22. The van der Waals surface area contributed by atoms with Crippen LogP contribution in [-0.2, 0) is 11.2 Å². The third-order valence-electron chi connectivity index (χ3n) is 3.08. The fourth-order valence-electron chi connectivity index (χ4n) is 1.97. The van der Waals surface area contributed by atoms with Gasteiger partial charge in [0.1, 0.15) is 11.8 Å². The molecule has 0 aromatic heterocycles. The average molecular weight is 284 g/mol. The predicted molar refractivity (Wildman–Crippen MR) is 78.7 cm³/mol. The second-order valence-corrected chi connectivity index (χ2v) is 4.64. The van der Waals surface area contributed by atoms with Gasteiger partial charge >= 0.3 is 0 Å². The summed E-state index contributed by atoms with van der Waals surface area (Å²) in [5.74, 6) is -1.30. The Morgan fingerprint density at radius 3 is 2.29 bits per heavy atom. The second-order valence-electron chi connectivity index (χ2n) is 4.64. The Labute approximate surface area is 122 Å². The van der Waals surface area contributed by atoms with Gasteiger partial charge in [0.2, 0.25) is 5.91 Å². The summed E-state index contributed by atoms with van der Waals surface area (Å²) in [6.07, 6.45) is 0.301. The zero-order valence-corrected chi connectivity index (χ0v) is 11.3. The highest BCUT2D eigenvalue weighted by molar-refractivity contribution is 5.99. The summed E-state index contributed by atoms with van der Waals surface area (Å²) in [7, 11) is 0. The molecule has 0 saturated carbocycles. The van der Waals surface area contributed by atoms with E-state index in [4.69, 9.17) is 5.73 Å². The van der Waals surface area contributed by atoms with Crippen LogP contribution in [-0.4, -0.2) is 23.0 Å². The number of hydrogen-bond donors (Lipinski definition) is 3. The van der Waals surface area contributed by atoms with E-state index in [9.17, 15) is 14.7 Å². The molecular formula is C16H16N2O3. The number of carbonyl (C=O) groups is 2. The molecule has 0 saturated heterocycles. The van der Waals surface area contributed by atoms with Gasteiger partial charge in [0, 0.05) is 6.42 Å². The van der Waals surface area contributed by atoms with Crippen LogP contribution in [0.3, 0.4) is 0 Å². The molecule has 0 aliphatic carbocycles. The molecule has 2 aromatic carbocycles. The number of hydrogen-bond acceptors (Lipinski definition) is 3. The highest BCUT2D eigenvalue weighted by Gasteiger charge is 2.20. The van der Waals surface area contributed by atoms with Gasteiger partial charge in [-0.15, -0.1) is 0 Å². The second kappa shape index (κ2) is 6.56. The quantitative estimate of drug-likeness (QED) is 0.770. The van der Waals surface area contributed by atoms with Crippen LogP contribution >= 0.6 is 0 Å². The smallest absolute Gasteiger partial charge is 0.255 e. The number of phenolic OH excluding ortho intramolecular Hbond substituents is 1. The third-order valence-corrected chi connectivity index (χ3v) is 3.08. The molecular weight excluding hydrogens is 268 g/mol. The maximum absolute atomic E-state index is 12.1. The molecule has 0 radical (unpaired) electrons. The molecule has 2 amide bonds. The van der Waals surface area contributed by atoms with E-state index in [1.807, 2.05) is 30.3 Å². The van der Waals surface area contributed by atoms with Gasteiger partial charge in [0.25, 0.3) is 5.91 Å². The number of amides is 2. The fourth-order valence-corrected chi connectivity index (χ4v) is 1.97. The molecule has 5 heteroatoms. The van der Waals surface area contributed by atoms with Crippen molar-refractivity contribution >= 4 is 11.8 Å². The summed E-state index contributed by atoms with van der Waals surface area (Å²) in [6.45, 7) is 0. The van der Waals surface area contributed by atoms with Crippen LogP contribution in [0.4, 0.5) is 0 Å². The van der Waals surface area contributed by atoms with E-state index >= 15 is 0 Å². The van der Waals surface area contributed by atoms with Crippen molar-refractivity contribution in [1.82, 2.24) is 5.32 Å². The molecule has 2 rings (SSSR count). The van der Waals surface area contributed by atoms with Gasteiger partial charge in [-0.3, -0.25) is 9.59 Å². The van der Waals surface area contributed by atoms with Crippen LogP contribution in [0.1, 0.15) is 15.9 Å². The molecule has 1 atom stereocenters. The lowest BCUT2D eigenvalue weighted by atomic mass is 10.0. The van der Waals surface area contributed by atoms with Gasteiger partial charge in [-0.25, -0.2) is 0 Å². The normalized spacial score (nSPS) is 11.6. The number of primary amides is 1. The summed E-state index contributed by atoms with van der Waals surface area (Å²) in [6, 6.07) is 14.5. The zero-order chi connectivity index (χ0) is 15.2. The molecule has 21 heavy (non-hydrogen) atoms. The topological polar surface area (TPSA) is 92.4 Å². The molecule has 4 N–H and O–H groups in total. The molecule has 2 aromatic rings. The lowest BCUT2D eigenvalue weighted by Gasteiger charge is -2.16. The van der Waals surface area contributed by atoms with Gasteiger partial charge in [0.15, 0.2) is 0 Å². The van der Waals surface area contributed by atoms with Crippen LogP contribution < -0.4 is 11.1 Å². The SMILES string of the molecule is NC(=O)C(Cc1ccccc1)NC(=O)c1ccccc1O. The number of nitrogens with one attached hydrogen (secondary N) is 1. The van der Waals surface area contributed by atoms with Crippen molar-refractivity contribution in [2.75, 3.05) is 0 Å². The maximum atomic E-state index is 12.1. The molecule has 5 nitrogen and oxygen atoms in total. The monoisotopic (exact) mass is 284 g/mol. The Morgan fingerprint density at radius 1 is 1.05 bits per heavy atom. The van der Waals surface area contributed by atoms with Gasteiger partial charge in [0.05, 0.1) is 5.56 Å². The minimum Gasteiger partial charge on any atom is -0.507 e. The van der Waals surface area contributed by atoms with Crippen LogP contribution in [0.25, 0.3) is 0 Å². The van der Waals surface area contributed by atoms with E-state index in [-0.39, 0.29) is 11.3 Å². The number of benzene rings is 2. The Morgan fingerprint density at radius 2 is 1.67 bits per heavy atom. The first-order chi connectivity index (χ1) is 10.1. The van der Waals surface area contributed by atoms with E-state index in [1.54, 1.807) is 12.1 Å². The third kappa shape index (κ3) is 3.82. The number of rotatable bonds is 5. The van der Waals surface area contributed by atoms with Crippen molar-refractivity contribution in [3.63, 3.8) is 0 Å². The highest BCUT2D eigenvalue weighted by atomic mass is 16.3. The van der Waals surface area contributed by atoms with Crippen molar-refractivity contribution in [2.24, 2.45) is 5.73 Å². The average Bonchev–Trinajstić information content (AvgIpc) is 2.48. The number of para-hydroxylation sites is 1. The van der Waals surface area contributed by atoms with E-state index < -0.39 is 17.9 Å². The molecule has 0 bridgehead atoms. The van der Waals surface area contributed by atoms with E-state index in [0.29, 0.717) is 6.42 Å². The molecule has 1 unspecified atom stereocenters. The minimum atomic E-state index is -0.834. The van der Waals surface area contributed by atoms with E-state index in [0.717, 1.165) is 5.56 Å². The molecule has 0 spiro atoms. The van der Waals surface area contributed by atoms with Crippen LogP contribution in [0.15, 0.2) is 54.6 Å². The summed E-state index contributed by atoms with van der Waals surface area (Å²) in [5.41, 5.74) is 6.33. The summed E-state index contributed by atoms with van der Waals surface area (Å²) in [5, 5.41) is 12.2. The van der Waals surface area contributed by atoms with E-state index in [2.05, 4.69) is 5.32 Å². The Balaban J connectivity index is 2.12. The first-order valence-corrected chi connectivity index (χ1v) is 6.50. The van der Waals surface area contributed by atoms with Crippen LogP contribution in [0, 0.1) is 0 Å². The zero-order valence-electron chi connectivity index (χ0n) is 11.3. The number of aromatic hydroxyl groups is 1. The number of nitrogens with two attached hydrogens (primary N) is 1. The van der Waals surface area contributed by atoms with Crippen molar-refractivity contribution in [3.05, 3.63) is 65.7 Å². The standard InChI is InChI=1S/C16H16N2O3/c17-15(20)13(10-11-6-2-1-3-7-11)18-16(21)12-8-4-5-9-14(12)19/h1-9,13,19H,10H2,(H2,17,20)(H,18,21). The van der Waals surface area contributed by atoms with Crippen molar-refractivity contribution in [3.8, 4) is 5.75 Å². The Bertz CT molecular complexity index is 641. The lowest BCUT2D eigenvalue weighted by Crippen LogP contribution is -2.45. The maximum Gasteiger partial charge on any atom is 0.255 e. The number of phenols is 1. The van der Waals surface area contributed by atoms with Gasteiger partial charge in [-0.1, -0.05) is 42.5 Å². The summed E-state index contributed by atoms with van der Waals surface area (Å²) >= 11 is 0. The summed E-state index contributed by atoms with van der Waals surface area (Å²) < 4.78 is 0. The van der Waals surface area contributed by atoms with Crippen LogP contribution in [0.2, 0.25) is 0 Å².